The summed E-state index contributed by atoms with van der Waals surface area (Å²) in [7, 11) is 6.69. The van der Waals surface area contributed by atoms with E-state index in [1.165, 1.54) is 0 Å². The first kappa shape index (κ1) is 24.1. The van der Waals surface area contributed by atoms with Crippen LogP contribution in [-0.4, -0.2) is 73.9 Å². The van der Waals surface area contributed by atoms with Crippen LogP contribution in [0.15, 0.2) is 17.1 Å². The fourth-order valence-corrected chi connectivity index (χ4v) is 3.39. The van der Waals surface area contributed by atoms with E-state index in [-0.39, 0.29) is 0 Å². The molecule has 8 heteroatoms. The van der Waals surface area contributed by atoms with Crippen LogP contribution in [0.3, 0.4) is 0 Å². The largest absolute Gasteiger partial charge is 0.496 e. The van der Waals surface area contributed by atoms with Crippen LogP contribution in [0.25, 0.3) is 0 Å². The molecule has 170 valence electrons. The molecule has 1 aliphatic rings. The van der Waals surface area contributed by atoms with Crippen molar-refractivity contribution >= 4 is 5.96 Å². The van der Waals surface area contributed by atoms with Crippen molar-refractivity contribution < 1.29 is 23.7 Å². The van der Waals surface area contributed by atoms with Gasteiger partial charge in [0.05, 0.1) is 21.3 Å². The molecule has 0 aromatic heterocycles. The van der Waals surface area contributed by atoms with E-state index >= 15 is 0 Å². The molecule has 1 saturated heterocycles. The lowest BCUT2D eigenvalue weighted by Crippen LogP contribution is -2.39. The third kappa shape index (κ3) is 7.91. The first-order valence-corrected chi connectivity index (χ1v) is 10.6. The predicted octanol–water partition coefficient (Wildman–Crippen LogP) is 2.25. The Kier molecular flexibility index (Phi) is 11.2. The zero-order chi connectivity index (χ0) is 21.6. The zero-order valence-electron chi connectivity index (χ0n) is 18.8. The number of nitrogens with one attached hydrogen (secondary N) is 2. The zero-order valence-corrected chi connectivity index (χ0v) is 18.8. The minimum atomic E-state index is 0.646. The highest BCUT2D eigenvalue weighted by Gasteiger charge is 2.14. The number of nitrogens with zero attached hydrogens (tertiary/aromatic N) is 1. The summed E-state index contributed by atoms with van der Waals surface area (Å²) in [4.78, 5) is 4.28. The molecule has 1 heterocycles. The number of guanidine groups is 1. The van der Waals surface area contributed by atoms with E-state index < -0.39 is 0 Å². The van der Waals surface area contributed by atoms with Crippen molar-refractivity contribution in [1.29, 1.82) is 0 Å². The minimum absolute atomic E-state index is 0.646. The molecule has 0 radical (unpaired) electrons. The molecule has 0 atom stereocenters. The lowest BCUT2D eigenvalue weighted by atomic mass is 10.0. The molecule has 2 rings (SSSR count). The number of hydrogen-bond donors (Lipinski definition) is 2. The Morgan fingerprint density at radius 2 is 1.70 bits per heavy atom. The summed E-state index contributed by atoms with van der Waals surface area (Å²) in [6.45, 7) is 4.82. The van der Waals surface area contributed by atoms with Gasteiger partial charge in [-0.25, -0.2) is 0 Å². The molecule has 0 saturated carbocycles. The van der Waals surface area contributed by atoms with Gasteiger partial charge in [-0.3, -0.25) is 4.99 Å². The SMILES string of the molecule is CN=C(NCCCOCC1CCOCC1)NCCc1c(OC)cc(OC)cc1OC. The summed E-state index contributed by atoms with van der Waals surface area (Å²) in [6, 6.07) is 3.73. The van der Waals surface area contributed by atoms with Crippen LogP contribution in [0.1, 0.15) is 24.8 Å². The molecule has 0 bridgehead atoms. The van der Waals surface area contributed by atoms with Gasteiger partial charge in [0, 0.05) is 64.3 Å². The van der Waals surface area contributed by atoms with Gasteiger partial charge in [0.25, 0.3) is 0 Å². The van der Waals surface area contributed by atoms with Crippen molar-refractivity contribution in [3.05, 3.63) is 17.7 Å². The van der Waals surface area contributed by atoms with Crippen LogP contribution in [0.5, 0.6) is 17.2 Å². The molecule has 1 aliphatic heterocycles. The lowest BCUT2D eigenvalue weighted by molar-refractivity contribution is 0.0203. The summed E-state index contributed by atoms with van der Waals surface area (Å²) in [6.07, 6.45) is 3.88. The van der Waals surface area contributed by atoms with Gasteiger partial charge in [-0.05, 0) is 31.6 Å². The second kappa shape index (κ2) is 13.9. The van der Waals surface area contributed by atoms with Crippen molar-refractivity contribution in [2.75, 3.05) is 67.9 Å². The van der Waals surface area contributed by atoms with Gasteiger partial charge in [0.1, 0.15) is 17.2 Å². The minimum Gasteiger partial charge on any atom is -0.496 e. The maximum absolute atomic E-state index is 5.80. The van der Waals surface area contributed by atoms with Crippen molar-refractivity contribution in [2.24, 2.45) is 10.9 Å². The molecule has 1 aromatic rings. The second-order valence-electron chi connectivity index (χ2n) is 7.17. The maximum Gasteiger partial charge on any atom is 0.190 e. The third-order valence-electron chi connectivity index (χ3n) is 5.16. The van der Waals surface area contributed by atoms with E-state index in [0.717, 1.165) is 81.7 Å². The highest BCUT2D eigenvalue weighted by Crippen LogP contribution is 2.34. The summed E-state index contributed by atoms with van der Waals surface area (Å²) in [5.74, 6) is 3.62. The van der Waals surface area contributed by atoms with Crippen molar-refractivity contribution in [3.63, 3.8) is 0 Å². The molecule has 1 aromatic carbocycles. The lowest BCUT2D eigenvalue weighted by Gasteiger charge is -2.21. The van der Waals surface area contributed by atoms with Gasteiger partial charge < -0.3 is 34.3 Å². The number of aliphatic imine (C=N–C) groups is 1. The fraction of sp³-hybridized carbons (Fsp3) is 0.682. The van der Waals surface area contributed by atoms with E-state index in [4.69, 9.17) is 23.7 Å². The number of hydrogen-bond acceptors (Lipinski definition) is 6. The molecule has 0 amide bonds. The van der Waals surface area contributed by atoms with Crippen molar-refractivity contribution in [1.82, 2.24) is 10.6 Å². The van der Waals surface area contributed by atoms with Crippen LogP contribution < -0.4 is 24.8 Å². The molecular weight excluding hydrogens is 386 g/mol. The number of rotatable bonds is 12. The second-order valence-corrected chi connectivity index (χ2v) is 7.17. The van der Waals surface area contributed by atoms with Gasteiger partial charge in [-0.15, -0.1) is 0 Å². The standard InChI is InChI=1S/C22H37N3O5/c1-23-22(24-9-5-11-30-16-17-7-12-29-13-8-17)25-10-6-19-20(27-3)14-18(26-2)15-21(19)28-4/h14-15,17H,5-13,16H2,1-4H3,(H2,23,24,25). The maximum atomic E-state index is 5.80. The number of methoxy groups -OCH3 is 3. The molecule has 30 heavy (non-hydrogen) atoms. The topological polar surface area (TPSA) is 82.6 Å². The summed E-state index contributed by atoms with van der Waals surface area (Å²) in [5.41, 5.74) is 0.991. The number of ether oxygens (including phenoxy) is 5. The normalized spacial score (nSPS) is 15.0. The molecule has 0 unspecified atom stereocenters. The average molecular weight is 424 g/mol. The quantitative estimate of drug-likeness (QED) is 0.303. The van der Waals surface area contributed by atoms with Crippen LogP contribution >= 0.6 is 0 Å². The van der Waals surface area contributed by atoms with E-state index in [0.29, 0.717) is 18.2 Å². The third-order valence-corrected chi connectivity index (χ3v) is 5.16. The smallest absolute Gasteiger partial charge is 0.190 e. The molecular formula is C22H37N3O5. The van der Waals surface area contributed by atoms with E-state index in [1.807, 2.05) is 12.1 Å². The molecule has 2 N–H and O–H groups in total. The van der Waals surface area contributed by atoms with Crippen LogP contribution in [0, 0.1) is 5.92 Å². The Bertz CT molecular complexity index is 623. The summed E-state index contributed by atoms with van der Waals surface area (Å²) >= 11 is 0. The highest BCUT2D eigenvalue weighted by molar-refractivity contribution is 5.79. The Morgan fingerprint density at radius 1 is 1.03 bits per heavy atom. The molecule has 8 nitrogen and oxygen atoms in total. The monoisotopic (exact) mass is 423 g/mol. The van der Waals surface area contributed by atoms with Gasteiger partial charge in [0.15, 0.2) is 5.96 Å². The van der Waals surface area contributed by atoms with Crippen molar-refractivity contribution in [3.8, 4) is 17.2 Å². The summed E-state index contributed by atoms with van der Waals surface area (Å²) < 4.78 is 27.5. The van der Waals surface area contributed by atoms with Gasteiger partial charge in [-0.2, -0.15) is 0 Å². The summed E-state index contributed by atoms with van der Waals surface area (Å²) in [5, 5.41) is 6.66. The Labute approximate surface area is 180 Å². The highest BCUT2D eigenvalue weighted by atomic mass is 16.5. The van der Waals surface area contributed by atoms with Crippen LogP contribution in [0.2, 0.25) is 0 Å². The van der Waals surface area contributed by atoms with E-state index in [2.05, 4.69) is 15.6 Å². The average Bonchev–Trinajstić information content (AvgIpc) is 2.80. The van der Waals surface area contributed by atoms with E-state index in [9.17, 15) is 0 Å². The molecule has 0 aliphatic carbocycles. The molecule has 1 fully saturated rings. The van der Waals surface area contributed by atoms with Gasteiger partial charge >= 0.3 is 0 Å². The first-order valence-electron chi connectivity index (χ1n) is 10.6. The fourth-order valence-electron chi connectivity index (χ4n) is 3.39. The Balaban J connectivity index is 1.68. The first-order chi connectivity index (χ1) is 14.7. The van der Waals surface area contributed by atoms with Gasteiger partial charge in [-0.1, -0.05) is 0 Å². The number of benzene rings is 1. The Hall–Kier alpha value is -2.19. The van der Waals surface area contributed by atoms with Crippen molar-refractivity contribution in [2.45, 2.75) is 25.7 Å². The van der Waals surface area contributed by atoms with Crippen LogP contribution in [0.4, 0.5) is 0 Å². The van der Waals surface area contributed by atoms with E-state index in [1.54, 1.807) is 28.4 Å². The van der Waals surface area contributed by atoms with Crippen LogP contribution in [-0.2, 0) is 15.9 Å². The predicted molar refractivity (Wildman–Crippen MR) is 118 cm³/mol. The Morgan fingerprint density at radius 3 is 2.30 bits per heavy atom. The molecule has 0 spiro atoms. The van der Waals surface area contributed by atoms with Gasteiger partial charge in [0.2, 0.25) is 0 Å².